The van der Waals surface area contributed by atoms with Crippen molar-refractivity contribution in [2.75, 3.05) is 14.2 Å². The van der Waals surface area contributed by atoms with E-state index in [0.717, 1.165) is 22.3 Å². The van der Waals surface area contributed by atoms with Gasteiger partial charge in [-0.15, -0.1) is 0 Å². The van der Waals surface area contributed by atoms with Crippen LogP contribution in [0, 0.1) is 10.1 Å². The molecule has 1 aliphatic heterocycles. The fraction of sp³-hybridized carbons (Fsp3) is 0.250. The van der Waals surface area contributed by atoms with Gasteiger partial charge in [0.1, 0.15) is 5.02 Å². The van der Waals surface area contributed by atoms with Crippen molar-refractivity contribution in [1.29, 1.82) is 0 Å². The van der Waals surface area contributed by atoms with Gasteiger partial charge in [-0.25, -0.2) is 0 Å². The minimum atomic E-state index is -0.498. The number of nitrogens with zero attached hydrogens (tertiary/aromatic N) is 1. The van der Waals surface area contributed by atoms with Gasteiger partial charge in [0.05, 0.1) is 25.2 Å². The number of nitro benzene ring substituents is 1. The topological polar surface area (TPSA) is 90.7 Å². The third kappa shape index (κ3) is 2.79. The number of hydrogen-bond acceptors (Lipinski definition) is 5. The van der Waals surface area contributed by atoms with Crippen LogP contribution in [0.4, 0.5) is 5.69 Å². The molecule has 2 aliphatic rings. The predicted molar refractivity (Wildman–Crippen MR) is 104 cm³/mol. The number of rotatable bonds is 4. The zero-order valence-electron chi connectivity index (χ0n) is 15.2. The summed E-state index contributed by atoms with van der Waals surface area (Å²) in [5.41, 5.74) is 4.14. The maximum Gasteiger partial charge on any atom is 0.288 e. The van der Waals surface area contributed by atoms with Gasteiger partial charge >= 0.3 is 0 Å². The smallest absolute Gasteiger partial charge is 0.288 e. The monoisotopic (exact) mass is 400 g/mol. The van der Waals surface area contributed by atoms with Crippen molar-refractivity contribution in [3.05, 3.63) is 67.7 Å². The van der Waals surface area contributed by atoms with Crippen LogP contribution in [0.5, 0.6) is 11.5 Å². The predicted octanol–water partition coefficient (Wildman–Crippen LogP) is 4.03. The lowest BCUT2D eigenvalue weighted by Crippen LogP contribution is -2.32. The van der Waals surface area contributed by atoms with Crippen LogP contribution in [0.2, 0.25) is 5.02 Å². The van der Waals surface area contributed by atoms with Crippen LogP contribution < -0.4 is 14.8 Å². The Kier molecular flexibility index (Phi) is 4.47. The summed E-state index contributed by atoms with van der Waals surface area (Å²) in [5.74, 6) is 1.08. The van der Waals surface area contributed by atoms with Gasteiger partial charge < -0.3 is 14.8 Å². The summed E-state index contributed by atoms with van der Waals surface area (Å²) < 4.78 is 10.8. The van der Waals surface area contributed by atoms with E-state index in [9.17, 15) is 14.9 Å². The van der Waals surface area contributed by atoms with Crippen LogP contribution in [0.25, 0.3) is 5.57 Å². The van der Waals surface area contributed by atoms with Gasteiger partial charge in [0.2, 0.25) is 5.91 Å². The number of fused-ring (bicyclic) bond motifs is 3. The van der Waals surface area contributed by atoms with Crippen LogP contribution >= 0.6 is 11.6 Å². The maximum atomic E-state index is 12.0. The summed E-state index contributed by atoms with van der Waals surface area (Å²) in [5, 5.41) is 14.5. The van der Waals surface area contributed by atoms with Gasteiger partial charge in [0, 0.05) is 12.5 Å². The number of carbonyl (C=O) groups is 1. The van der Waals surface area contributed by atoms with E-state index in [4.69, 9.17) is 21.1 Å². The average Bonchev–Trinajstić information content (AvgIpc) is 2.99. The summed E-state index contributed by atoms with van der Waals surface area (Å²) in [6.07, 6.45) is 0.939. The molecule has 1 aliphatic carbocycles. The van der Waals surface area contributed by atoms with E-state index in [-0.39, 0.29) is 22.7 Å². The SMILES string of the molecule is COc1cc2c(cc1OC)C1NC(=O)CCC1=C2c1ccc(Cl)c([N+](=O)[O-])c1. The van der Waals surface area contributed by atoms with E-state index in [1.54, 1.807) is 20.3 Å². The number of methoxy groups -OCH3 is 2. The Balaban J connectivity index is 1.96. The van der Waals surface area contributed by atoms with Gasteiger partial charge in [-0.05, 0) is 52.5 Å². The molecule has 1 unspecified atom stereocenters. The van der Waals surface area contributed by atoms with E-state index in [2.05, 4.69) is 5.32 Å². The molecule has 0 spiro atoms. The average molecular weight is 401 g/mol. The van der Waals surface area contributed by atoms with Crippen LogP contribution in [-0.4, -0.2) is 25.1 Å². The Labute approximate surface area is 166 Å². The van der Waals surface area contributed by atoms with Crippen LogP contribution in [0.1, 0.15) is 35.6 Å². The normalized spacial score (nSPS) is 17.7. The number of nitrogens with one attached hydrogen (secondary N) is 1. The molecule has 1 N–H and O–H groups in total. The number of nitro groups is 1. The molecule has 1 fully saturated rings. The third-order valence-electron chi connectivity index (χ3n) is 5.16. The van der Waals surface area contributed by atoms with Gasteiger partial charge in [-0.2, -0.15) is 0 Å². The molecule has 0 bridgehead atoms. The Morgan fingerprint density at radius 3 is 2.54 bits per heavy atom. The molecule has 144 valence electrons. The van der Waals surface area contributed by atoms with Crippen molar-refractivity contribution in [1.82, 2.24) is 5.32 Å². The van der Waals surface area contributed by atoms with Crippen molar-refractivity contribution in [2.24, 2.45) is 0 Å². The van der Waals surface area contributed by atoms with E-state index in [1.807, 2.05) is 12.1 Å². The molecule has 2 aromatic carbocycles. The van der Waals surface area contributed by atoms with Crippen LogP contribution in [0.15, 0.2) is 35.9 Å². The second-order valence-corrected chi connectivity index (χ2v) is 7.03. The highest BCUT2D eigenvalue weighted by molar-refractivity contribution is 6.32. The van der Waals surface area contributed by atoms with Crippen molar-refractivity contribution < 1.29 is 19.2 Å². The minimum Gasteiger partial charge on any atom is -0.493 e. The molecule has 0 saturated carbocycles. The molecule has 1 heterocycles. The van der Waals surface area contributed by atoms with Crippen LogP contribution in [0.3, 0.4) is 0 Å². The van der Waals surface area contributed by atoms with E-state index in [1.165, 1.54) is 12.1 Å². The summed E-state index contributed by atoms with van der Waals surface area (Å²) in [6, 6.07) is 8.17. The quantitative estimate of drug-likeness (QED) is 0.618. The first-order valence-corrected chi connectivity index (χ1v) is 9.05. The van der Waals surface area contributed by atoms with Crippen molar-refractivity contribution in [3.63, 3.8) is 0 Å². The first kappa shape index (κ1) is 18.3. The second kappa shape index (κ2) is 6.83. The first-order valence-electron chi connectivity index (χ1n) is 8.67. The van der Waals surface area contributed by atoms with Gasteiger partial charge in [0.15, 0.2) is 11.5 Å². The summed E-state index contributed by atoms with van der Waals surface area (Å²) in [4.78, 5) is 22.9. The Morgan fingerprint density at radius 1 is 1.14 bits per heavy atom. The van der Waals surface area contributed by atoms with Crippen molar-refractivity contribution in [2.45, 2.75) is 18.9 Å². The number of carbonyl (C=O) groups excluding carboxylic acids is 1. The lowest BCUT2D eigenvalue weighted by atomic mass is 9.93. The van der Waals surface area contributed by atoms with Gasteiger partial charge in [-0.3, -0.25) is 14.9 Å². The summed E-state index contributed by atoms with van der Waals surface area (Å²) in [7, 11) is 3.10. The Hall–Kier alpha value is -3.06. The molecule has 1 atom stereocenters. The van der Waals surface area contributed by atoms with Gasteiger partial charge in [0.25, 0.3) is 5.69 Å². The Morgan fingerprint density at radius 2 is 1.86 bits per heavy atom. The first-order chi connectivity index (χ1) is 13.4. The zero-order chi connectivity index (χ0) is 20.0. The van der Waals surface area contributed by atoms with Crippen LogP contribution in [-0.2, 0) is 4.79 Å². The van der Waals surface area contributed by atoms with Crippen molar-refractivity contribution in [3.8, 4) is 11.5 Å². The molecule has 1 saturated heterocycles. The number of piperidine rings is 1. The Bertz CT molecular complexity index is 1050. The van der Waals surface area contributed by atoms with Crippen molar-refractivity contribution >= 4 is 28.8 Å². The van der Waals surface area contributed by atoms with E-state index >= 15 is 0 Å². The number of benzene rings is 2. The minimum absolute atomic E-state index is 0.0298. The highest BCUT2D eigenvalue weighted by atomic mass is 35.5. The summed E-state index contributed by atoms with van der Waals surface area (Å²) >= 11 is 5.99. The lowest BCUT2D eigenvalue weighted by molar-refractivity contribution is -0.384. The van der Waals surface area contributed by atoms with E-state index < -0.39 is 4.92 Å². The molecule has 4 rings (SSSR count). The molecule has 1 amide bonds. The fourth-order valence-corrected chi connectivity index (χ4v) is 4.11. The van der Waals surface area contributed by atoms with Gasteiger partial charge in [-0.1, -0.05) is 17.7 Å². The number of hydrogen-bond donors (Lipinski definition) is 1. The molecule has 8 heteroatoms. The molecule has 28 heavy (non-hydrogen) atoms. The molecule has 0 radical (unpaired) electrons. The lowest BCUT2D eigenvalue weighted by Gasteiger charge is -2.24. The number of amides is 1. The summed E-state index contributed by atoms with van der Waals surface area (Å²) in [6.45, 7) is 0. The maximum absolute atomic E-state index is 12.0. The number of halogens is 1. The number of ether oxygens (including phenoxy) is 2. The largest absolute Gasteiger partial charge is 0.493 e. The molecule has 7 nitrogen and oxygen atoms in total. The molecular weight excluding hydrogens is 384 g/mol. The molecular formula is C20H17ClN2O5. The standard InChI is InChI=1S/C20H17ClN2O5/c1-27-16-8-12-13(9-17(16)28-2)20-11(4-6-18(24)22-20)19(12)10-3-5-14(21)15(7-10)23(25)26/h3,5,7-9,20H,4,6H2,1-2H3,(H,22,24). The molecule has 0 aromatic heterocycles. The molecule has 2 aromatic rings. The fourth-order valence-electron chi connectivity index (χ4n) is 3.92. The third-order valence-corrected chi connectivity index (χ3v) is 5.48. The second-order valence-electron chi connectivity index (χ2n) is 6.62. The zero-order valence-corrected chi connectivity index (χ0v) is 16.0. The highest BCUT2D eigenvalue weighted by Crippen LogP contribution is 2.50. The van der Waals surface area contributed by atoms with E-state index in [0.29, 0.717) is 29.9 Å². The highest BCUT2D eigenvalue weighted by Gasteiger charge is 2.37.